The lowest BCUT2D eigenvalue weighted by Gasteiger charge is -2.06. The summed E-state index contributed by atoms with van der Waals surface area (Å²) in [4.78, 5) is 0.0854. The number of hydrogen-bond donors (Lipinski definition) is 1. The second kappa shape index (κ2) is 6.18. The van der Waals surface area contributed by atoms with Gasteiger partial charge in [-0.05, 0) is 26.0 Å². The van der Waals surface area contributed by atoms with Gasteiger partial charge < -0.3 is 4.52 Å². The van der Waals surface area contributed by atoms with Crippen LogP contribution in [0.3, 0.4) is 0 Å². The van der Waals surface area contributed by atoms with Crippen LogP contribution in [0.5, 0.6) is 0 Å². The minimum Gasteiger partial charge on any atom is -0.361 e. The third kappa shape index (κ3) is 2.95. The number of aryl methyl sites for hydroxylation is 2. The average Bonchev–Trinajstić information content (AvgIpc) is 3.31. The molecule has 3 aromatic heterocycles. The number of hydrogen-bond acceptors (Lipinski definition) is 8. The van der Waals surface area contributed by atoms with Gasteiger partial charge in [0.05, 0.1) is 35.9 Å². The summed E-state index contributed by atoms with van der Waals surface area (Å²) in [6.07, 6.45) is 3.07. The molecule has 0 bridgehead atoms. The fourth-order valence-electron chi connectivity index (χ4n) is 2.60. The van der Waals surface area contributed by atoms with E-state index in [1.54, 1.807) is 23.0 Å². The number of rotatable bonds is 5. The highest BCUT2D eigenvalue weighted by atomic mass is 32.2. The molecule has 134 valence electrons. The highest BCUT2D eigenvalue weighted by molar-refractivity contribution is 7.93. The summed E-state index contributed by atoms with van der Waals surface area (Å²) < 4.78 is 42.9. The van der Waals surface area contributed by atoms with Gasteiger partial charge in [-0.2, -0.15) is 13.8 Å². The van der Waals surface area contributed by atoms with Gasteiger partial charge in [-0.1, -0.05) is 11.2 Å². The van der Waals surface area contributed by atoms with Gasteiger partial charge >= 0.3 is 0 Å². The quantitative estimate of drug-likeness (QED) is 0.556. The molecule has 0 spiro atoms. The number of benzene rings is 1. The molecule has 0 amide bonds. The first-order valence-electron chi connectivity index (χ1n) is 7.62. The second-order valence-corrected chi connectivity index (χ2v) is 7.90. The van der Waals surface area contributed by atoms with Gasteiger partial charge in [0.1, 0.15) is 21.7 Å². The molecule has 0 aliphatic heterocycles. The molecule has 0 unspecified atom stereocenters. The summed E-state index contributed by atoms with van der Waals surface area (Å²) in [5.41, 5.74) is 2.96. The first kappa shape index (κ1) is 16.7. The molecule has 3 heterocycles. The Hall–Kier alpha value is -2.79. The topological polar surface area (TPSA) is 116 Å². The SMILES string of the molecule is Cc1noc(C)c1Cn1cc(NS(=O)(=O)c2cccc3nsnc23)cn1. The van der Waals surface area contributed by atoms with Crippen LogP contribution in [0.25, 0.3) is 11.0 Å². The molecule has 0 fully saturated rings. The Morgan fingerprint density at radius 3 is 2.88 bits per heavy atom. The summed E-state index contributed by atoms with van der Waals surface area (Å²) in [6.45, 7) is 4.11. The van der Waals surface area contributed by atoms with Gasteiger partial charge in [0.2, 0.25) is 0 Å². The van der Waals surface area contributed by atoms with Crippen molar-refractivity contribution in [1.29, 1.82) is 0 Å². The largest absolute Gasteiger partial charge is 0.361 e. The zero-order valence-electron chi connectivity index (χ0n) is 13.9. The van der Waals surface area contributed by atoms with E-state index in [1.165, 1.54) is 12.3 Å². The third-order valence-corrected chi connectivity index (χ3v) is 5.88. The van der Waals surface area contributed by atoms with E-state index in [9.17, 15) is 8.42 Å². The van der Waals surface area contributed by atoms with E-state index in [0.29, 0.717) is 29.0 Å². The first-order valence-corrected chi connectivity index (χ1v) is 9.84. The van der Waals surface area contributed by atoms with E-state index in [0.717, 1.165) is 23.0 Å². The van der Waals surface area contributed by atoms with Crippen LogP contribution in [-0.2, 0) is 16.6 Å². The van der Waals surface area contributed by atoms with E-state index in [1.807, 2.05) is 13.8 Å². The summed E-state index contributed by atoms with van der Waals surface area (Å²) >= 11 is 0.975. The van der Waals surface area contributed by atoms with Crippen molar-refractivity contribution in [3.8, 4) is 0 Å². The number of anilines is 1. The monoisotopic (exact) mass is 390 g/mol. The molecule has 4 rings (SSSR count). The maximum absolute atomic E-state index is 12.7. The Morgan fingerprint density at radius 2 is 2.12 bits per heavy atom. The lowest BCUT2D eigenvalue weighted by atomic mass is 10.2. The lowest BCUT2D eigenvalue weighted by molar-refractivity contribution is 0.391. The van der Waals surface area contributed by atoms with Crippen molar-refractivity contribution in [2.24, 2.45) is 0 Å². The molecular formula is C15H14N6O3S2. The summed E-state index contributed by atoms with van der Waals surface area (Å²) in [7, 11) is -3.80. The van der Waals surface area contributed by atoms with Gasteiger partial charge in [-0.3, -0.25) is 9.40 Å². The Labute approximate surface area is 153 Å². The second-order valence-electron chi connectivity index (χ2n) is 5.72. The molecule has 0 atom stereocenters. The molecule has 0 aliphatic carbocycles. The van der Waals surface area contributed by atoms with Crippen LogP contribution in [0, 0.1) is 13.8 Å². The number of fused-ring (bicyclic) bond motifs is 1. The molecule has 0 saturated heterocycles. The molecule has 0 radical (unpaired) electrons. The zero-order valence-corrected chi connectivity index (χ0v) is 15.5. The van der Waals surface area contributed by atoms with Crippen molar-refractivity contribution in [3.05, 3.63) is 47.6 Å². The number of aromatic nitrogens is 5. The van der Waals surface area contributed by atoms with Crippen LogP contribution in [-0.4, -0.2) is 32.1 Å². The van der Waals surface area contributed by atoms with E-state index < -0.39 is 10.0 Å². The highest BCUT2D eigenvalue weighted by Crippen LogP contribution is 2.23. The predicted molar refractivity (Wildman–Crippen MR) is 95.5 cm³/mol. The van der Waals surface area contributed by atoms with Crippen molar-refractivity contribution in [1.82, 2.24) is 23.7 Å². The lowest BCUT2D eigenvalue weighted by Crippen LogP contribution is -2.13. The highest BCUT2D eigenvalue weighted by Gasteiger charge is 2.20. The molecule has 9 nitrogen and oxygen atoms in total. The number of sulfonamides is 1. The van der Waals surface area contributed by atoms with Crippen molar-refractivity contribution in [2.45, 2.75) is 25.3 Å². The average molecular weight is 390 g/mol. The summed E-state index contributed by atoms with van der Waals surface area (Å²) in [6, 6.07) is 4.86. The van der Waals surface area contributed by atoms with Crippen molar-refractivity contribution >= 4 is 38.5 Å². The van der Waals surface area contributed by atoms with Crippen LogP contribution in [0.1, 0.15) is 17.0 Å². The van der Waals surface area contributed by atoms with Gasteiger partial charge in [-0.15, -0.1) is 0 Å². The van der Waals surface area contributed by atoms with Gasteiger partial charge in [0, 0.05) is 11.8 Å². The van der Waals surface area contributed by atoms with Crippen molar-refractivity contribution in [2.75, 3.05) is 4.72 Å². The maximum Gasteiger partial charge on any atom is 0.264 e. The standard InChI is InChI=1S/C15H14N6O3S2/c1-9-12(10(2)24-17-9)8-21-7-11(6-16-21)20-26(22,23)14-5-3-4-13-15(14)19-25-18-13/h3-7,20H,8H2,1-2H3. The fourth-order valence-corrected chi connectivity index (χ4v) is 4.40. The van der Waals surface area contributed by atoms with E-state index >= 15 is 0 Å². The fraction of sp³-hybridized carbons (Fsp3) is 0.200. The van der Waals surface area contributed by atoms with E-state index in [2.05, 4.69) is 23.7 Å². The van der Waals surface area contributed by atoms with Crippen LogP contribution in [0.4, 0.5) is 5.69 Å². The Bertz CT molecular complexity index is 1170. The third-order valence-electron chi connectivity index (χ3n) is 3.93. The minimum absolute atomic E-state index is 0.0854. The summed E-state index contributed by atoms with van der Waals surface area (Å²) in [5.74, 6) is 0.711. The molecule has 1 N–H and O–H groups in total. The smallest absolute Gasteiger partial charge is 0.264 e. The Morgan fingerprint density at radius 1 is 1.27 bits per heavy atom. The van der Waals surface area contributed by atoms with Gasteiger partial charge in [0.25, 0.3) is 10.0 Å². The van der Waals surface area contributed by atoms with Crippen LogP contribution < -0.4 is 4.72 Å². The maximum atomic E-state index is 12.7. The van der Waals surface area contributed by atoms with Crippen LogP contribution >= 0.6 is 11.7 Å². The number of nitrogens with one attached hydrogen (secondary N) is 1. The molecule has 26 heavy (non-hydrogen) atoms. The predicted octanol–water partition coefficient (Wildman–Crippen LogP) is 2.34. The molecule has 0 saturated carbocycles. The molecular weight excluding hydrogens is 376 g/mol. The first-order chi connectivity index (χ1) is 12.4. The molecule has 11 heteroatoms. The van der Waals surface area contributed by atoms with E-state index in [4.69, 9.17) is 4.52 Å². The Balaban J connectivity index is 1.60. The summed E-state index contributed by atoms with van der Waals surface area (Å²) in [5, 5.41) is 8.10. The zero-order chi connectivity index (χ0) is 18.3. The van der Waals surface area contributed by atoms with Gasteiger partial charge in [0.15, 0.2) is 0 Å². The van der Waals surface area contributed by atoms with Crippen LogP contribution in [0.15, 0.2) is 40.0 Å². The minimum atomic E-state index is -3.80. The number of nitrogens with zero attached hydrogens (tertiary/aromatic N) is 5. The van der Waals surface area contributed by atoms with E-state index in [-0.39, 0.29) is 4.90 Å². The van der Waals surface area contributed by atoms with Crippen molar-refractivity contribution in [3.63, 3.8) is 0 Å². The molecule has 1 aromatic carbocycles. The Kier molecular flexibility index (Phi) is 3.96. The van der Waals surface area contributed by atoms with Crippen LogP contribution in [0.2, 0.25) is 0 Å². The van der Waals surface area contributed by atoms with Crippen molar-refractivity contribution < 1.29 is 12.9 Å². The molecule has 0 aliphatic rings. The normalized spacial score (nSPS) is 11.9. The van der Waals surface area contributed by atoms with Gasteiger partial charge in [-0.25, -0.2) is 8.42 Å². The molecule has 4 aromatic rings.